The van der Waals surface area contributed by atoms with Gasteiger partial charge in [0.1, 0.15) is 0 Å². The summed E-state index contributed by atoms with van der Waals surface area (Å²) in [5, 5.41) is 7.60. The minimum absolute atomic E-state index is 1.04. The van der Waals surface area contributed by atoms with Crippen LogP contribution in [0.25, 0.3) is 78.9 Å². The molecule has 274 valence electrons. The van der Waals surface area contributed by atoms with Crippen molar-refractivity contribution in [3.05, 3.63) is 197 Å². The van der Waals surface area contributed by atoms with Crippen LogP contribution < -0.4 is 4.90 Å². The van der Waals surface area contributed by atoms with Crippen molar-refractivity contribution >= 4 is 73.7 Å². The van der Waals surface area contributed by atoms with Gasteiger partial charge in [0, 0.05) is 22.1 Å². The molecular weight excluding hydrogens is 687 g/mol. The lowest BCUT2D eigenvalue weighted by Gasteiger charge is -2.29. The predicted molar refractivity (Wildman–Crippen MR) is 249 cm³/mol. The third-order valence-corrected chi connectivity index (χ3v) is 12.1. The van der Waals surface area contributed by atoms with Gasteiger partial charge < -0.3 is 4.90 Å². The molecule has 0 aromatic heterocycles. The molecule has 0 atom stereocenters. The molecule has 1 heteroatoms. The second-order valence-electron chi connectivity index (χ2n) is 15.5. The fourth-order valence-corrected chi connectivity index (χ4v) is 9.41. The molecule has 1 nitrogen and oxygen atoms in total. The number of allylic oxidation sites excluding steroid dienone is 3. The lowest BCUT2D eigenvalue weighted by atomic mass is 9.84. The summed E-state index contributed by atoms with van der Waals surface area (Å²) in [7, 11) is 0. The van der Waals surface area contributed by atoms with Crippen molar-refractivity contribution in [2.75, 3.05) is 4.90 Å². The number of nitrogens with zero attached hydrogens (tertiary/aromatic N) is 1. The average Bonchev–Trinajstić information content (AvgIpc) is 3.26. The van der Waals surface area contributed by atoms with Gasteiger partial charge in [-0.3, -0.25) is 0 Å². The van der Waals surface area contributed by atoms with E-state index in [-0.39, 0.29) is 0 Å². The van der Waals surface area contributed by atoms with Crippen LogP contribution in [0.2, 0.25) is 0 Å². The Hall–Kier alpha value is -6.70. The van der Waals surface area contributed by atoms with E-state index in [1.165, 1.54) is 99.2 Å². The van der Waals surface area contributed by atoms with E-state index in [4.69, 9.17) is 0 Å². The Bertz CT molecular complexity index is 2970. The summed E-state index contributed by atoms with van der Waals surface area (Å²) in [6.07, 6.45) is 20.0. The molecule has 8 aromatic carbocycles. The van der Waals surface area contributed by atoms with Crippen LogP contribution >= 0.6 is 0 Å². The van der Waals surface area contributed by atoms with Gasteiger partial charge in [-0.25, -0.2) is 0 Å². The molecule has 57 heavy (non-hydrogen) atoms. The summed E-state index contributed by atoms with van der Waals surface area (Å²) in [6.45, 7) is 8.56. The first-order chi connectivity index (χ1) is 28.1. The minimum atomic E-state index is 1.04. The lowest BCUT2D eigenvalue weighted by molar-refractivity contribution is 0.981. The first-order valence-electron chi connectivity index (χ1n) is 20.4. The van der Waals surface area contributed by atoms with E-state index in [9.17, 15) is 0 Å². The Labute approximate surface area is 336 Å². The van der Waals surface area contributed by atoms with Crippen molar-refractivity contribution in [3.8, 4) is 22.3 Å². The number of hydrogen-bond acceptors (Lipinski definition) is 1. The SMILES string of the molecule is C=Cc1c(/C=C\C)c(-c2ccc(N(c3ccc(-c4cc5ccccc5c5c4C=CCC5)cc3)c3c4ccccc4cc4ccc(C)cc34)cc2)cc2c1CCC=C2. The highest BCUT2D eigenvalue weighted by molar-refractivity contribution is 6.14. The summed E-state index contributed by atoms with van der Waals surface area (Å²) < 4.78 is 0. The molecule has 0 N–H and O–H groups in total. The monoisotopic (exact) mass is 731 g/mol. The van der Waals surface area contributed by atoms with Crippen molar-refractivity contribution < 1.29 is 0 Å². The van der Waals surface area contributed by atoms with E-state index < -0.39 is 0 Å². The second kappa shape index (κ2) is 14.4. The number of rotatable bonds is 7. The van der Waals surface area contributed by atoms with E-state index in [1.54, 1.807) is 0 Å². The maximum Gasteiger partial charge on any atom is 0.0618 e. The number of fused-ring (bicyclic) bond motifs is 6. The Kier molecular flexibility index (Phi) is 8.80. The van der Waals surface area contributed by atoms with Crippen molar-refractivity contribution in [2.24, 2.45) is 0 Å². The lowest BCUT2D eigenvalue weighted by Crippen LogP contribution is -2.11. The second-order valence-corrected chi connectivity index (χ2v) is 15.5. The van der Waals surface area contributed by atoms with Crippen LogP contribution in [0.4, 0.5) is 17.1 Å². The third-order valence-electron chi connectivity index (χ3n) is 12.1. The van der Waals surface area contributed by atoms with E-state index in [0.717, 1.165) is 37.1 Å². The normalized spacial score (nSPS) is 13.4. The number of anilines is 3. The van der Waals surface area contributed by atoms with Crippen LogP contribution in [0.1, 0.15) is 58.7 Å². The molecular formula is C56H45N. The smallest absolute Gasteiger partial charge is 0.0618 e. The van der Waals surface area contributed by atoms with Gasteiger partial charge in [0.15, 0.2) is 0 Å². The molecule has 0 spiro atoms. The van der Waals surface area contributed by atoms with Crippen molar-refractivity contribution in [3.63, 3.8) is 0 Å². The molecule has 10 rings (SSSR count). The van der Waals surface area contributed by atoms with Gasteiger partial charge in [-0.2, -0.15) is 0 Å². The van der Waals surface area contributed by atoms with Gasteiger partial charge in [0.05, 0.1) is 5.69 Å². The van der Waals surface area contributed by atoms with Gasteiger partial charge in [0.2, 0.25) is 0 Å². The summed E-state index contributed by atoms with van der Waals surface area (Å²) in [5.41, 5.74) is 17.6. The van der Waals surface area contributed by atoms with Crippen LogP contribution in [0.3, 0.4) is 0 Å². The molecule has 0 aliphatic heterocycles. The van der Waals surface area contributed by atoms with E-state index in [1.807, 2.05) is 6.08 Å². The molecule has 0 fully saturated rings. The maximum absolute atomic E-state index is 4.27. The molecule has 2 aliphatic carbocycles. The highest BCUT2D eigenvalue weighted by Crippen LogP contribution is 2.46. The summed E-state index contributed by atoms with van der Waals surface area (Å²) in [5.74, 6) is 0. The van der Waals surface area contributed by atoms with Gasteiger partial charge >= 0.3 is 0 Å². The molecule has 0 radical (unpaired) electrons. The molecule has 8 aromatic rings. The van der Waals surface area contributed by atoms with E-state index in [0.29, 0.717) is 0 Å². The topological polar surface area (TPSA) is 3.24 Å². The standard InChI is InChI=1S/C56H45N/c1-4-14-50-46(5-2)47-18-9-6-16-41(47)35-53(50)38-25-29-44(30-26-38)57(56-49-20-11-8-15-40(49)34-43-24-23-37(3)33-55(43)56)45-31-27-39(28-32-45)54-36-42-17-7-10-19-48(42)51-21-12-13-22-52(51)54/h4-8,10-11,13-17,19-20,22-36H,2,9,12,18,21H2,1,3H3/b14-4-. The molecule has 0 bridgehead atoms. The van der Waals surface area contributed by atoms with Crippen LogP contribution in [0.15, 0.2) is 158 Å². The minimum Gasteiger partial charge on any atom is -0.309 e. The highest BCUT2D eigenvalue weighted by Gasteiger charge is 2.22. The Morgan fingerprint density at radius 3 is 1.91 bits per heavy atom. The number of benzene rings is 8. The fraction of sp³-hybridized carbons (Fsp3) is 0.107. The molecule has 0 unspecified atom stereocenters. The van der Waals surface area contributed by atoms with Crippen LogP contribution in [0, 0.1) is 6.92 Å². The number of aryl methyl sites for hydroxylation is 2. The van der Waals surface area contributed by atoms with Crippen molar-refractivity contribution in [2.45, 2.75) is 39.5 Å². The zero-order chi connectivity index (χ0) is 38.5. The highest BCUT2D eigenvalue weighted by atomic mass is 15.1. The van der Waals surface area contributed by atoms with Gasteiger partial charge in [0.25, 0.3) is 0 Å². The molecule has 0 saturated carbocycles. The van der Waals surface area contributed by atoms with E-state index in [2.05, 4.69) is 195 Å². The Morgan fingerprint density at radius 2 is 1.19 bits per heavy atom. The molecule has 0 amide bonds. The van der Waals surface area contributed by atoms with Gasteiger partial charge in [-0.1, -0.05) is 140 Å². The van der Waals surface area contributed by atoms with Crippen LogP contribution in [0.5, 0.6) is 0 Å². The number of hydrogen-bond donors (Lipinski definition) is 0. The van der Waals surface area contributed by atoms with Crippen LogP contribution in [-0.4, -0.2) is 0 Å². The summed E-state index contributed by atoms with van der Waals surface area (Å²) in [4.78, 5) is 2.48. The average molecular weight is 732 g/mol. The first kappa shape index (κ1) is 34.8. The van der Waals surface area contributed by atoms with Gasteiger partial charge in [-0.05, 0) is 165 Å². The Balaban J connectivity index is 1.16. The maximum atomic E-state index is 4.27. The zero-order valence-corrected chi connectivity index (χ0v) is 32.7. The summed E-state index contributed by atoms with van der Waals surface area (Å²) >= 11 is 0. The molecule has 0 saturated heterocycles. The van der Waals surface area contributed by atoms with Crippen molar-refractivity contribution in [1.82, 2.24) is 0 Å². The van der Waals surface area contributed by atoms with Crippen LogP contribution in [-0.2, 0) is 12.8 Å². The molecule has 2 aliphatic rings. The van der Waals surface area contributed by atoms with E-state index >= 15 is 0 Å². The third kappa shape index (κ3) is 6.03. The largest absolute Gasteiger partial charge is 0.309 e. The first-order valence-corrected chi connectivity index (χ1v) is 20.4. The quantitative estimate of drug-likeness (QED) is 0.148. The fourth-order valence-electron chi connectivity index (χ4n) is 9.41. The molecule has 0 heterocycles. The summed E-state index contributed by atoms with van der Waals surface area (Å²) in [6, 6.07) is 50.1. The van der Waals surface area contributed by atoms with Crippen molar-refractivity contribution in [1.29, 1.82) is 0 Å². The van der Waals surface area contributed by atoms with Gasteiger partial charge in [-0.15, -0.1) is 0 Å². The Morgan fingerprint density at radius 1 is 0.561 bits per heavy atom. The predicted octanol–water partition coefficient (Wildman–Crippen LogP) is 15.9. The zero-order valence-electron chi connectivity index (χ0n) is 32.7.